The molecule has 0 unspecified atom stereocenters. The van der Waals surface area contributed by atoms with Crippen LogP contribution in [0.2, 0.25) is 0 Å². The van der Waals surface area contributed by atoms with E-state index in [1.165, 1.54) is 24.5 Å². The molecule has 0 spiro atoms. The highest BCUT2D eigenvalue weighted by Crippen LogP contribution is 2.27. The Hall–Kier alpha value is -2.41. The molecular weight excluding hydrogens is 266 g/mol. The third-order valence-corrected chi connectivity index (χ3v) is 3.17. The molecule has 7 heteroatoms. The maximum absolute atomic E-state index is 11.2. The lowest BCUT2D eigenvalue weighted by Crippen LogP contribution is -2.12. The standard InChI is InChI=1S/C12H9N3O3S/c13-10(16)8-2-1-4-15-11(8)19-9-6-7(12(17)18)3-5-14-9/h1-6H,(H2,13,16)(H,17,18). The molecule has 2 aromatic rings. The minimum atomic E-state index is -1.04. The summed E-state index contributed by atoms with van der Waals surface area (Å²) < 4.78 is 0. The van der Waals surface area contributed by atoms with Crippen molar-refractivity contribution in [2.24, 2.45) is 5.73 Å². The SMILES string of the molecule is NC(=O)c1cccnc1Sc1cc(C(=O)O)ccn1. The Morgan fingerprint density at radius 2 is 2.00 bits per heavy atom. The molecule has 1 amide bonds. The molecule has 3 N–H and O–H groups in total. The van der Waals surface area contributed by atoms with Crippen LogP contribution in [0.5, 0.6) is 0 Å². The molecule has 0 fully saturated rings. The maximum atomic E-state index is 11.2. The number of aromatic nitrogens is 2. The number of carbonyl (C=O) groups is 2. The Morgan fingerprint density at radius 1 is 1.21 bits per heavy atom. The number of carboxylic acid groups (broad SMARTS) is 1. The summed E-state index contributed by atoms with van der Waals surface area (Å²) in [6.45, 7) is 0. The van der Waals surface area contributed by atoms with Crippen molar-refractivity contribution in [3.8, 4) is 0 Å². The number of carboxylic acids is 1. The van der Waals surface area contributed by atoms with Crippen molar-refractivity contribution in [3.63, 3.8) is 0 Å². The fourth-order valence-corrected chi connectivity index (χ4v) is 2.25. The number of primary amides is 1. The summed E-state index contributed by atoms with van der Waals surface area (Å²) in [6.07, 6.45) is 2.91. The van der Waals surface area contributed by atoms with Crippen molar-refractivity contribution >= 4 is 23.6 Å². The van der Waals surface area contributed by atoms with Crippen LogP contribution in [0, 0.1) is 0 Å². The monoisotopic (exact) mass is 275 g/mol. The second-order valence-electron chi connectivity index (χ2n) is 3.51. The van der Waals surface area contributed by atoms with Crippen molar-refractivity contribution in [2.75, 3.05) is 0 Å². The minimum Gasteiger partial charge on any atom is -0.478 e. The van der Waals surface area contributed by atoms with Crippen LogP contribution in [0.4, 0.5) is 0 Å². The Bertz CT molecular complexity index is 646. The van der Waals surface area contributed by atoms with Gasteiger partial charge in [0.1, 0.15) is 10.1 Å². The van der Waals surface area contributed by atoms with Crippen LogP contribution in [0.3, 0.4) is 0 Å². The summed E-state index contributed by atoms with van der Waals surface area (Å²) in [7, 11) is 0. The van der Waals surface area contributed by atoms with Gasteiger partial charge >= 0.3 is 5.97 Å². The molecule has 0 saturated carbocycles. The molecule has 19 heavy (non-hydrogen) atoms. The summed E-state index contributed by atoms with van der Waals surface area (Å²) >= 11 is 1.09. The molecule has 0 bridgehead atoms. The highest BCUT2D eigenvalue weighted by atomic mass is 32.2. The third kappa shape index (κ3) is 3.08. The predicted octanol–water partition coefficient (Wildman–Crippen LogP) is 1.42. The Labute approximate surface area is 112 Å². The second kappa shape index (κ2) is 5.49. The molecule has 0 aliphatic heterocycles. The number of hydrogen-bond donors (Lipinski definition) is 2. The normalized spacial score (nSPS) is 10.1. The van der Waals surface area contributed by atoms with E-state index in [0.29, 0.717) is 10.1 Å². The van der Waals surface area contributed by atoms with Crippen LogP contribution in [0.15, 0.2) is 46.7 Å². The van der Waals surface area contributed by atoms with E-state index in [9.17, 15) is 9.59 Å². The lowest BCUT2D eigenvalue weighted by molar-refractivity contribution is 0.0696. The van der Waals surface area contributed by atoms with Crippen LogP contribution in [-0.2, 0) is 0 Å². The summed E-state index contributed by atoms with van der Waals surface area (Å²) in [4.78, 5) is 30.2. The van der Waals surface area contributed by atoms with Crippen LogP contribution in [-0.4, -0.2) is 27.0 Å². The van der Waals surface area contributed by atoms with Gasteiger partial charge in [-0.2, -0.15) is 0 Å². The molecule has 0 aliphatic rings. The number of pyridine rings is 2. The number of carbonyl (C=O) groups excluding carboxylic acids is 1. The first kappa shape index (κ1) is 13.0. The summed E-state index contributed by atoms with van der Waals surface area (Å²) in [6, 6.07) is 5.95. The topological polar surface area (TPSA) is 106 Å². The van der Waals surface area contributed by atoms with E-state index in [1.54, 1.807) is 12.1 Å². The Balaban J connectivity index is 2.34. The quantitative estimate of drug-likeness (QED) is 0.874. The van der Waals surface area contributed by atoms with E-state index in [2.05, 4.69) is 9.97 Å². The molecule has 96 valence electrons. The third-order valence-electron chi connectivity index (χ3n) is 2.22. The van der Waals surface area contributed by atoms with Gasteiger partial charge in [-0.25, -0.2) is 14.8 Å². The Morgan fingerprint density at radius 3 is 2.68 bits per heavy atom. The predicted molar refractivity (Wildman–Crippen MR) is 68.1 cm³/mol. The molecule has 0 aromatic carbocycles. The van der Waals surface area contributed by atoms with Crippen LogP contribution in [0.1, 0.15) is 20.7 Å². The number of nitrogens with zero attached hydrogens (tertiary/aromatic N) is 2. The van der Waals surface area contributed by atoms with Crippen molar-refractivity contribution in [1.29, 1.82) is 0 Å². The van der Waals surface area contributed by atoms with E-state index < -0.39 is 11.9 Å². The fourth-order valence-electron chi connectivity index (χ4n) is 1.36. The molecule has 0 atom stereocenters. The van der Waals surface area contributed by atoms with E-state index in [1.807, 2.05) is 0 Å². The molecule has 2 heterocycles. The van der Waals surface area contributed by atoms with Gasteiger partial charge in [0.2, 0.25) is 0 Å². The zero-order valence-corrected chi connectivity index (χ0v) is 10.4. The van der Waals surface area contributed by atoms with Gasteiger partial charge in [-0.1, -0.05) is 0 Å². The van der Waals surface area contributed by atoms with E-state index in [-0.39, 0.29) is 11.1 Å². The smallest absolute Gasteiger partial charge is 0.335 e. The first-order valence-electron chi connectivity index (χ1n) is 5.20. The molecule has 0 radical (unpaired) electrons. The summed E-state index contributed by atoms with van der Waals surface area (Å²) in [5.41, 5.74) is 5.63. The van der Waals surface area contributed by atoms with Gasteiger partial charge in [0.15, 0.2) is 0 Å². The average Bonchev–Trinajstić information content (AvgIpc) is 2.39. The van der Waals surface area contributed by atoms with Crippen molar-refractivity contribution < 1.29 is 14.7 Å². The number of nitrogens with two attached hydrogens (primary N) is 1. The van der Waals surface area contributed by atoms with Gasteiger partial charge in [-0.15, -0.1) is 0 Å². The van der Waals surface area contributed by atoms with Crippen LogP contribution < -0.4 is 5.73 Å². The average molecular weight is 275 g/mol. The number of hydrogen-bond acceptors (Lipinski definition) is 5. The molecule has 0 aliphatic carbocycles. The molecule has 6 nitrogen and oxygen atoms in total. The first-order chi connectivity index (χ1) is 9.08. The largest absolute Gasteiger partial charge is 0.478 e. The van der Waals surface area contributed by atoms with Crippen LogP contribution >= 0.6 is 11.8 Å². The minimum absolute atomic E-state index is 0.119. The van der Waals surface area contributed by atoms with Crippen molar-refractivity contribution in [2.45, 2.75) is 10.1 Å². The number of rotatable bonds is 4. The van der Waals surface area contributed by atoms with Gasteiger partial charge in [0, 0.05) is 12.4 Å². The maximum Gasteiger partial charge on any atom is 0.335 e. The molecule has 2 rings (SSSR count). The zero-order chi connectivity index (χ0) is 13.8. The second-order valence-corrected chi connectivity index (χ2v) is 4.52. The first-order valence-corrected chi connectivity index (χ1v) is 6.01. The van der Waals surface area contributed by atoms with Gasteiger partial charge in [0.25, 0.3) is 5.91 Å². The number of amides is 1. The molecule has 2 aromatic heterocycles. The lowest BCUT2D eigenvalue weighted by atomic mass is 10.3. The highest BCUT2D eigenvalue weighted by molar-refractivity contribution is 7.99. The fraction of sp³-hybridized carbons (Fsp3) is 0. The van der Waals surface area contributed by atoms with E-state index >= 15 is 0 Å². The van der Waals surface area contributed by atoms with Crippen molar-refractivity contribution in [3.05, 3.63) is 47.8 Å². The van der Waals surface area contributed by atoms with Gasteiger partial charge in [-0.05, 0) is 36.0 Å². The van der Waals surface area contributed by atoms with Gasteiger partial charge < -0.3 is 10.8 Å². The summed E-state index contributed by atoms with van der Waals surface area (Å²) in [5, 5.41) is 9.72. The number of aromatic carboxylic acids is 1. The van der Waals surface area contributed by atoms with E-state index in [0.717, 1.165) is 11.8 Å². The lowest BCUT2D eigenvalue weighted by Gasteiger charge is -2.04. The molecule has 0 saturated heterocycles. The summed E-state index contributed by atoms with van der Waals surface area (Å²) in [5.74, 6) is -1.63. The zero-order valence-electron chi connectivity index (χ0n) is 9.61. The van der Waals surface area contributed by atoms with Crippen LogP contribution in [0.25, 0.3) is 0 Å². The molecular formula is C12H9N3O3S. The van der Waals surface area contributed by atoms with Gasteiger partial charge in [-0.3, -0.25) is 4.79 Å². The van der Waals surface area contributed by atoms with Crippen molar-refractivity contribution in [1.82, 2.24) is 9.97 Å². The van der Waals surface area contributed by atoms with E-state index in [4.69, 9.17) is 10.8 Å². The highest BCUT2D eigenvalue weighted by Gasteiger charge is 2.12. The Kier molecular flexibility index (Phi) is 3.76. The van der Waals surface area contributed by atoms with Gasteiger partial charge in [0.05, 0.1) is 11.1 Å².